The first-order valence-electron chi connectivity index (χ1n) is 5.49. The molecule has 0 amide bonds. The number of nitrogens with two attached hydrogens (primary N) is 1. The second-order valence-electron chi connectivity index (χ2n) is 3.59. The van der Waals surface area contributed by atoms with Gasteiger partial charge in [-0.05, 0) is 18.6 Å². The molecule has 1 rings (SSSR count). The Morgan fingerprint density at radius 3 is 3.00 bits per heavy atom. The summed E-state index contributed by atoms with van der Waals surface area (Å²) in [4.78, 5) is 11.3. The Morgan fingerprint density at radius 2 is 2.33 bits per heavy atom. The normalized spacial score (nSPS) is 12.2. The highest BCUT2D eigenvalue weighted by Crippen LogP contribution is 2.22. The molecule has 1 atom stereocenters. The first kappa shape index (κ1) is 15.3. The monoisotopic (exact) mass is 291 g/mol. The standard InChI is InChI=1S/C12H15ClFNO2S/c1-2-17-12(16)10(15)7-18-6-8-4-3-5-9(13)11(8)14/h3-5,10H,2,6-7,15H2,1H3. The van der Waals surface area contributed by atoms with E-state index in [0.29, 0.717) is 23.7 Å². The van der Waals surface area contributed by atoms with Crippen molar-refractivity contribution in [3.63, 3.8) is 0 Å². The van der Waals surface area contributed by atoms with Crippen LogP contribution in [-0.4, -0.2) is 24.4 Å². The second-order valence-corrected chi connectivity index (χ2v) is 5.02. The van der Waals surface area contributed by atoms with Crippen molar-refractivity contribution in [1.29, 1.82) is 0 Å². The van der Waals surface area contributed by atoms with Crippen molar-refractivity contribution in [2.45, 2.75) is 18.7 Å². The SMILES string of the molecule is CCOC(=O)C(N)CSCc1cccc(Cl)c1F. The molecule has 0 fully saturated rings. The van der Waals surface area contributed by atoms with Gasteiger partial charge in [0.1, 0.15) is 11.9 Å². The van der Waals surface area contributed by atoms with Gasteiger partial charge in [0.05, 0.1) is 11.6 Å². The van der Waals surface area contributed by atoms with E-state index >= 15 is 0 Å². The molecule has 0 spiro atoms. The van der Waals surface area contributed by atoms with Crippen molar-refractivity contribution in [2.75, 3.05) is 12.4 Å². The quantitative estimate of drug-likeness (QED) is 0.819. The molecule has 0 aliphatic rings. The van der Waals surface area contributed by atoms with E-state index in [2.05, 4.69) is 0 Å². The molecular formula is C12H15ClFNO2S. The summed E-state index contributed by atoms with van der Waals surface area (Å²) in [5.74, 6) is -0.0578. The molecule has 1 unspecified atom stereocenters. The Hall–Kier alpha value is -0.780. The van der Waals surface area contributed by atoms with Crippen LogP contribution in [0.2, 0.25) is 5.02 Å². The third kappa shape index (κ3) is 4.48. The van der Waals surface area contributed by atoms with Gasteiger partial charge in [0.2, 0.25) is 0 Å². The van der Waals surface area contributed by atoms with Crippen LogP contribution in [-0.2, 0) is 15.3 Å². The maximum atomic E-state index is 13.5. The molecule has 0 heterocycles. The summed E-state index contributed by atoms with van der Waals surface area (Å²) in [5, 5.41) is 0.0998. The molecule has 1 aromatic rings. The molecule has 3 nitrogen and oxygen atoms in total. The van der Waals surface area contributed by atoms with Crippen LogP contribution in [0.25, 0.3) is 0 Å². The Labute approximate surface area is 115 Å². The van der Waals surface area contributed by atoms with E-state index in [1.165, 1.54) is 17.8 Å². The van der Waals surface area contributed by atoms with Gasteiger partial charge in [0, 0.05) is 11.5 Å². The van der Waals surface area contributed by atoms with Crippen LogP contribution < -0.4 is 5.73 Å². The highest BCUT2D eigenvalue weighted by molar-refractivity contribution is 7.98. The second kappa shape index (κ2) is 7.61. The third-order valence-electron chi connectivity index (χ3n) is 2.18. The van der Waals surface area contributed by atoms with Gasteiger partial charge >= 0.3 is 5.97 Å². The molecular weight excluding hydrogens is 277 g/mol. The van der Waals surface area contributed by atoms with E-state index in [0.717, 1.165) is 0 Å². The lowest BCUT2D eigenvalue weighted by Crippen LogP contribution is -2.34. The molecule has 18 heavy (non-hydrogen) atoms. The number of carbonyl (C=O) groups excluding carboxylic acids is 1. The zero-order valence-corrected chi connectivity index (χ0v) is 11.6. The molecule has 0 saturated carbocycles. The fourth-order valence-corrected chi connectivity index (χ4v) is 2.42. The number of rotatable bonds is 6. The summed E-state index contributed by atoms with van der Waals surface area (Å²) in [5.41, 5.74) is 6.12. The maximum absolute atomic E-state index is 13.5. The minimum Gasteiger partial charge on any atom is -0.465 e. The van der Waals surface area contributed by atoms with Gasteiger partial charge in [-0.1, -0.05) is 23.7 Å². The number of hydrogen-bond donors (Lipinski definition) is 1. The van der Waals surface area contributed by atoms with Crippen molar-refractivity contribution >= 4 is 29.3 Å². The molecule has 0 saturated heterocycles. The number of thioether (sulfide) groups is 1. The van der Waals surface area contributed by atoms with Crippen molar-refractivity contribution in [2.24, 2.45) is 5.73 Å². The van der Waals surface area contributed by atoms with E-state index < -0.39 is 17.8 Å². The molecule has 0 bridgehead atoms. The van der Waals surface area contributed by atoms with Crippen molar-refractivity contribution in [3.8, 4) is 0 Å². The zero-order valence-electron chi connectivity index (χ0n) is 9.99. The smallest absolute Gasteiger partial charge is 0.323 e. The predicted octanol–water partition coefficient (Wildman–Crippen LogP) is 2.60. The zero-order chi connectivity index (χ0) is 13.5. The van der Waals surface area contributed by atoms with Crippen LogP contribution in [0.3, 0.4) is 0 Å². The van der Waals surface area contributed by atoms with Crippen LogP contribution in [0.15, 0.2) is 18.2 Å². The largest absolute Gasteiger partial charge is 0.465 e. The molecule has 0 aliphatic carbocycles. The number of carbonyl (C=O) groups is 1. The van der Waals surface area contributed by atoms with E-state index in [9.17, 15) is 9.18 Å². The van der Waals surface area contributed by atoms with Crippen LogP contribution in [0.5, 0.6) is 0 Å². The summed E-state index contributed by atoms with van der Waals surface area (Å²) in [6.07, 6.45) is 0. The Bertz CT molecular complexity index is 417. The number of hydrogen-bond acceptors (Lipinski definition) is 4. The fraction of sp³-hybridized carbons (Fsp3) is 0.417. The lowest BCUT2D eigenvalue weighted by molar-refractivity contribution is -0.144. The number of ether oxygens (including phenoxy) is 1. The molecule has 1 aromatic carbocycles. The number of benzene rings is 1. The minimum atomic E-state index is -0.683. The van der Waals surface area contributed by atoms with Gasteiger partial charge in [-0.15, -0.1) is 0 Å². The van der Waals surface area contributed by atoms with E-state index in [1.807, 2.05) is 0 Å². The lowest BCUT2D eigenvalue weighted by Gasteiger charge is -2.10. The van der Waals surface area contributed by atoms with E-state index in [4.69, 9.17) is 22.1 Å². The van der Waals surface area contributed by atoms with Crippen LogP contribution >= 0.6 is 23.4 Å². The average molecular weight is 292 g/mol. The third-order valence-corrected chi connectivity index (χ3v) is 3.58. The van der Waals surface area contributed by atoms with E-state index in [1.54, 1.807) is 19.1 Å². The highest BCUT2D eigenvalue weighted by Gasteiger charge is 2.15. The first-order chi connectivity index (χ1) is 8.56. The summed E-state index contributed by atoms with van der Waals surface area (Å²) in [6.45, 7) is 2.03. The molecule has 0 radical (unpaired) electrons. The summed E-state index contributed by atoms with van der Waals surface area (Å²) >= 11 is 7.03. The Kier molecular flexibility index (Phi) is 6.46. The topological polar surface area (TPSA) is 52.3 Å². The molecule has 100 valence electrons. The highest BCUT2D eigenvalue weighted by atomic mass is 35.5. The molecule has 2 N–H and O–H groups in total. The minimum absolute atomic E-state index is 0.0998. The van der Waals surface area contributed by atoms with Crippen LogP contribution in [0.1, 0.15) is 12.5 Å². The Balaban J connectivity index is 2.42. The summed E-state index contributed by atoms with van der Waals surface area (Å²) < 4.78 is 18.3. The van der Waals surface area contributed by atoms with Gasteiger partial charge in [0.15, 0.2) is 0 Å². The first-order valence-corrected chi connectivity index (χ1v) is 7.02. The van der Waals surface area contributed by atoms with Crippen molar-refractivity contribution in [3.05, 3.63) is 34.6 Å². The Morgan fingerprint density at radius 1 is 1.61 bits per heavy atom. The van der Waals surface area contributed by atoms with Gasteiger partial charge in [0.25, 0.3) is 0 Å². The number of halogens is 2. The number of esters is 1. The fourth-order valence-electron chi connectivity index (χ4n) is 1.27. The summed E-state index contributed by atoms with van der Waals surface area (Å²) in [6, 6.07) is 4.16. The van der Waals surface area contributed by atoms with Crippen molar-refractivity contribution < 1.29 is 13.9 Å². The molecule has 0 aromatic heterocycles. The van der Waals surface area contributed by atoms with Gasteiger partial charge in [-0.2, -0.15) is 11.8 Å². The predicted molar refractivity (Wildman–Crippen MR) is 72.2 cm³/mol. The molecule has 6 heteroatoms. The van der Waals surface area contributed by atoms with Gasteiger partial charge in [-0.3, -0.25) is 4.79 Å². The average Bonchev–Trinajstić information content (AvgIpc) is 2.34. The maximum Gasteiger partial charge on any atom is 0.323 e. The van der Waals surface area contributed by atoms with Gasteiger partial charge < -0.3 is 10.5 Å². The van der Waals surface area contributed by atoms with Crippen molar-refractivity contribution in [1.82, 2.24) is 0 Å². The van der Waals surface area contributed by atoms with Gasteiger partial charge in [-0.25, -0.2) is 4.39 Å². The van der Waals surface area contributed by atoms with Crippen LogP contribution in [0, 0.1) is 5.82 Å². The lowest BCUT2D eigenvalue weighted by atomic mass is 10.2. The van der Waals surface area contributed by atoms with Crippen LogP contribution in [0.4, 0.5) is 4.39 Å². The summed E-state index contributed by atoms with van der Waals surface area (Å²) in [7, 11) is 0. The molecule has 0 aliphatic heterocycles. The van der Waals surface area contributed by atoms with E-state index in [-0.39, 0.29) is 5.02 Å².